The van der Waals surface area contributed by atoms with Gasteiger partial charge in [0.15, 0.2) is 0 Å². The normalized spacial score (nSPS) is 18.9. The summed E-state index contributed by atoms with van der Waals surface area (Å²) in [6, 6.07) is 7.24. The molecule has 0 heterocycles. The Morgan fingerprint density at radius 3 is 2.53 bits per heavy atom. The first kappa shape index (κ1) is 14.3. The second-order valence-electron chi connectivity index (χ2n) is 5.31. The third kappa shape index (κ3) is 2.92. The van der Waals surface area contributed by atoms with Gasteiger partial charge in [0.1, 0.15) is 0 Å². The number of anilines is 1. The van der Waals surface area contributed by atoms with Crippen LogP contribution in [0.3, 0.4) is 0 Å². The maximum atomic E-state index is 12.5. The molecule has 2 N–H and O–H groups in total. The fraction of sp³-hybridized carbons (Fsp3) is 0.571. The zero-order valence-electron chi connectivity index (χ0n) is 11.5. The zero-order chi connectivity index (χ0) is 14.0. The summed E-state index contributed by atoms with van der Waals surface area (Å²) in [5, 5.41) is -0.207. The Kier molecular flexibility index (Phi) is 4.16. The average Bonchev–Trinajstić information content (AvgIpc) is 2.91. The van der Waals surface area contributed by atoms with Crippen molar-refractivity contribution in [3.8, 4) is 0 Å². The molecule has 1 aromatic carbocycles. The van der Waals surface area contributed by atoms with Gasteiger partial charge in [0, 0.05) is 18.8 Å². The molecule has 0 aliphatic heterocycles. The van der Waals surface area contributed by atoms with Gasteiger partial charge in [-0.15, -0.1) is 0 Å². The lowest BCUT2D eigenvalue weighted by Gasteiger charge is -2.27. The molecule has 0 spiro atoms. The van der Waals surface area contributed by atoms with Crippen LogP contribution in [0.25, 0.3) is 0 Å². The van der Waals surface area contributed by atoms with Crippen LogP contribution in [0.4, 0.5) is 5.69 Å². The van der Waals surface area contributed by atoms with E-state index in [2.05, 4.69) is 0 Å². The number of sulfonamides is 1. The lowest BCUT2D eigenvalue weighted by atomic mass is 10.1. The smallest absolute Gasteiger partial charge is 0.217 e. The third-order valence-corrected chi connectivity index (χ3v) is 6.50. The minimum Gasteiger partial charge on any atom is -0.399 e. The van der Waals surface area contributed by atoms with Gasteiger partial charge < -0.3 is 5.73 Å². The van der Waals surface area contributed by atoms with Crippen LogP contribution >= 0.6 is 0 Å². The summed E-state index contributed by atoms with van der Waals surface area (Å²) >= 11 is 0. The van der Waals surface area contributed by atoms with Crippen LogP contribution in [0.2, 0.25) is 0 Å². The lowest BCUT2D eigenvalue weighted by Crippen LogP contribution is -2.36. The number of nitrogens with zero attached hydrogens (tertiary/aromatic N) is 1. The van der Waals surface area contributed by atoms with E-state index in [1.54, 1.807) is 7.05 Å². The van der Waals surface area contributed by atoms with Crippen LogP contribution in [0.15, 0.2) is 24.3 Å². The van der Waals surface area contributed by atoms with Crippen molar-refractivity contribution >= 4 is 15.7 Å². The Hall–Kier alpha value is -1.07. The fourth-order valence-electron chi connectivity index (χ4n) is 2.67. The van der Waals surface area contributed by atoms with Crippen molar-refractivity contribution in [1.82, 2.24) is 4.31 Å². The highest BCUT2D eigenvalue weighted by molar-refractivity contribution is 7.89. The number of benzene rings is 1. The van der Waals surface area contributed by atoms with Crippen molar-refractivity contribution in [3.05, 3.63) is 29.8 Å². The number of hydrogen-bond donors (Lipinski definition) is 1. The summed E-state index contributed by atoms with van der Waals surface area (Å²) in [6.07, 6.45) is 3.61. The van der Waals surface area contributed by atoms with E-state index in [9.17, 15) is 8.42 Å². The largest absolute Gasteiger partial charge is 0.399 e. The minimum atomic E-state index is -3.21. The van der Waals surface area contributed by atoms with E-state index in [0.29, 0.717) is 5.69 Å². The highest BCUT2D eigenvalue weighted by atomic mass is 32.2. The van der Waals surface area contributed by atoms with Gasteiger partial charge in [-0.25, -0.2) is 8.42 Å². The van der Waals surface area contributed by atoms with Gasteiger partial charge in [0.05, 0.1) is 5.25 Å². The zero-order valence-corrected chi connectivity index (χ0v) is 12.4. The minimum absolute atomic E-state index is 0.186. The van der Waals surface area contributed by atoms with E-state index < -0.39 is 10.0 Å². The summed E-state index contributed by atoms with van der Waals surface area (Å²) in [7, 11) is -1.54. The molecule has 0 radical (unpaired) electrons. The summed E-state index contributed by atoms with van der Waals surface area (Å²) in [4.78, 5) is 0. The first-order valence-corrected chi connectivity index (χ1v) is 8.25. The van der Waals surface area contributed by atoms with Crippen LogP contribution in [0.1, 0.15) is 44.2 Å². The molecule has 1 aliphatic rings. The molecule has 0 bridgehead atoms. The summed E-state index contributed by atoms with van der Waals surface area (Å²) in [5.74, 6) is 0. The molecule has 19 heavy (non-hydrogen) atoms. The molecule has 1 fully saturated rings. The van der Waals surface area contributed by atoms with Crippen LogP contribution < -0.4 is 5.73 Å². The van der Waals surface area contributed by atoms with Crippen molar-refractivity contribution in [2.75, 3.05) is 12.8 Å². The number of nitrogen functional groups attached to an aromatic ring is 1. The molecule has 1 aromatic rings. The molecular weight excluding hydrogens is 260 g/mol. The molecule has 1 unspecified atom stereocenters. The van der Waals surface area contributed by atoms with E-state index in [-0.39, 0.29) is 11.3 Å². The predicted molar refractivity (Wildman–Crippen MR) is 78.2 cm³/mol. The molecule has 1 aliphatic carbocycles. The first-order valence-electron chi connectivity index (χ1n) is 6.75. The molecular formula is C14H22N2O2S. The quantitative estimate of drug-likeness (QED) is 0.863. The van der Waals surface area contributed by atoms with Crippen LogP contribution in [0, 0.1) is 0 Å². The van der Waals surface area contributed by atoms with E-state index in [1.807, 2.05) is 31.2 Å². The van der Waals surface area contributed by atoms with Crippen molar-refractivity contribution in [2.45, 2.75) is 43.9 Å². The highest BCUT2D eigenvalue weighted by Gasteiger charge is 2.34. The standard InChI is InChI=1S/C14H22N2O2S/c1-11(12-6-5-7-13(15)10-12)16(2)19(17,18)14-8-3-4-9-14/h5-7,10-11,14H,3-4,8-9,15H2,1-2H3. The maximum absolute atomic E-state index is 12.5. The molecule has 0 saturated heterocycles. The fourth-order valence-corrected chi connectivity index (χ4v) is 4.63. The van der Waals surface area contributed by atoms with Gasteiger partial charge in [-0.3, -0.25) is 0 Å². The van der Waals surface area contributed by atoms with Crippen molar-refractivity contribution in [3.63, 3.8) is 0 Å². The van der Waals surface area contributed by atoms with Crippen molar-refractivity contribution in [1.29, 1.82) is 0 Å². The van der Waals surface area contributed by atoms with Gasteiger partial charge >= 0.3 is 0 Å². The Morgan fingerprint density at radius 2 is 1.95 bits per heavy atom. The molecule has 106 valence electrons. The Balaban J connectivity index is 2.21. The molecule has 0 aromatic heterocycles. The topological polar surface area (TPSA) is 63.4 Å². The van der Waals surface area contributed by atoms with Crippen LogP contribution in [-0.2, 0) is 10.0 Å². The van der Waals surface area contributed by atoms with E-state index in [1.165, 1.54) is 4.31 Å². The average molecular weight is 282 g/mol. The molecule has 5 heteroatoms. The molecule has 2 rings (SSSR count). The Morgan fingerprint density at radius 1 is 1.32 bits per heavy atom. The summed E-state index contributed by atoms with van der Waals surface area (Å²) in [5.41, 5.74) is 7.36. The monoisotopic (exact) mass is 282 g/mol. The Bertz CT molecular complexity index is 536. The SMILES string of the molecule is CC(c1cccc(N)c1)N(C)S(=O)(=O)C1CCCC1. The molecule has 1 atom stereocenters. The lowest BCUT2D eigenvalue weighted by molar-refractivity contribution is 0.391. The number of hydrogen-bond acceptors (Lipinski definition) is 3. The summed E-state index contributed by atoms with van der Waals surface area (Å²) < 4.78 is 26.6. The van der Waals surface area contributed by atoms with E-state index >= 15 is 0 Å². The van der Waals surface area contributed by atoms with Gasteiger partial charge in [-0.05, 0) is 37.5 Å². The van der Waals surface area contributed by atoms with Crippen LogP contribution in [-0.4, -0.2) is 25.0 Å². The first-order chi connectivity index (χ1) is 8.93. The van der Waals surface area contributed by atoms with Crippen molar-refractivity contribution < 1.29 is 8.42 Å². The molecule has 1 saturated carbocycles. The van der Waals surface area contributed by atoms with Gasteiger partial charge in [-0.2, -0.15) is 4.31 Å². The Labute approximate surface area is 115 Å². The van der Waals surface area contributed by atoms with E-state index in [0.717, 1.165) is 31.2 Å². The summed E-state index contributed by atoms with van der Waals surface area (Å²) in [6.45, 7) is 1.90. The maximum Gasteiger partial charge on any atom is 0.217 e. The number of rotatable bonds is 4. The highest BCUT2D eigenvalue weighted by Crippen LogP contribution is 2.31. The van der Waals surface area contributed by atoms with Crippen molar-refractivity contribution in [2.24, 2.45) is 0 Å². The number of nitrogens with two attached hydrogens (primary N) is 1. The van der Waals surface area contributed by atoms with Crippen LogP contribution in [0.5, 0.6) is 0 Å². The van der Waals surface area contributed by atoms with E-state index in [4.69, 9.17) is 5.73 Å². The van der Waals surface area contributed by atoms with Gasteiger partial charge in [-0.1, -0.05) is 25.0 Å². The second kappa shape index (κ2) is 5.51. The molecule has 0 amide bonds. The second-order valence-corrected chi connectivity index (χ2v) is 7.59. The predicted octanol–water partition coefficient (Wildman–Crippen LogP) is 2.53. The van der Waals surface area contributed by atoms with Gasteiger partial charge in [0.25, 0.3) is 0 Å². The third-order valence-electron chi connectivity index (χ3n) is 4.06. The molecule has 4 nitrogen and oxygen atoms in total. The van der Waals surface area contributed by atoms with Gasteiger partial charge in [0.2, 0.25) is 10.0 Å².